The molecule has 0 unspecified atom stereocenters. The van der Waals surface area contributed by atoms with E-state index in [0.717, 1.165) is 4.90 Å². The van der Waals surface area contributed by atoms with Crippen LogP contribution >= 0.6 is 0 Å². The zero-order chi connectivity index (χ0) is 18.4. The molecule has 1 aromatic rings. The van der Waals surface area contributed by atoms with E-state index in [4.69, 9.17) is 4.74 Å². The Morgan fingerprint density at radius 2 is 1.64 bits per heavy atom. The summed E-state index contributed by atoms with van der Waals surface area (Å²) < 4.78 is 4.85. The molecular formula is C18H22N2O5. The molecule has 0 aromatic heterocycles. The third-order valence-electron chi connectivity index (χ3n) is 4.05. The van der Waals surface area contributed by atoms with Crippen LogP contribution in [0.15, 0.2) is 24.3 Å². The van der Waals surface area contributed by atoms with Gasteiger partial charge in [-0.15, -0.1) is 0 Å². The van der Waals surface area contributed by atoms with Crippen molar-refractivity contribution in [2.75, 3.05) is 26.2 Å². The van der Waals surface area contributed by atoms with E-state index in [1.165, 1.54) is 4.90 Å². The molecule has 1 aliphatic rings. The van der Waals surface area contributed by atoms with E-state index >= 15 is 0 Å². The Balaban J connectivity index is 1.90. The van der Waals surface area contributed by atoms with E-state index in [1.807, 2.05) is 6.92 Å². The number of carbonyl (C=O) groups is 4. The lowest BCUT2D eigenvalue weighted by Gasteiger charge is -2.22. The van der Waals surface area contributed by atoms with E-state index in [9.17, 15) is 19.2 Å². The Labute approximate surface area is 146 Å². The Bertz CT molecular complexity index is 651. The van der Waals surface area contributed by atoms with E-state index < -0.39 is 0 Å². The predicted octanol–water partition coefficient (Wildman–Crippen LogP) is 1.47. The number of hydrogen-bond donors (Lipinski definition) is 0. The van der Waals surface area contributed by atoms with Crippen molar-refractivity contribution in [3.8, 4) is 0 Å². The van der Waals surface area contributed by atoms with Crippen molar-refractivity contribution in [2.24, 2.45) is 0 Å². The van der Waals surface area contributed by atoms with Crippen molar-refractivity contribution in [1.82, 2.24) is 9.80 Å². The number of nitrogens with zero attached hydrogens (tertiary/aromatic N) is 2. The number of amides is 3. The van der Waals surface area contributed by atoms with Crippen LogP contribution in [0.2, 0.25) is 0 Å². The van der Waals surface area contributed by atoms with Gasteiger partial charge >= 0.3 is 5.97 Å². The molecule has 134 valence electrons. The highest BCUT2D eigenvalue weighted by Crippen LogP contribution is 2.22. The molecule has 0 bridgehead atoms. The van der Waals surface area contributed by atoms with Gasteiger partial charge in [-0.05, 0) is 26.0 Å². The van der Waals surface area contributed by atoms with Crippen LogP contribution in [0.5, 0.6) is 0 Å². The number of fused-ring (bicyclic) bond motifs is 1. The largest absolute Gasteiger partial charge is 0.466 e. The van der Waals surface area contributed by atoms with Gasteiger partial charge < -0.3 is 9.64 Å². The normalized spacial score (nSPS) is 13.0. The standard InChI is InChI=1S/C18H22N2O5/c1-3-19(11-10-16(22)25-4-2)15(21)9-12-20-17(23)13-7-5-6-8-14(13)18(20)24/h5-8H,3-4,9-12H2,1-2H3. The molecule has 0 fully saturated rings. The molecule has 1 heterocycles. The summed E-state index contributed by atoms with van der Waals surface area (Å²) in [4.78, 5) is 50.9. The highest BCUT2D eigenvalue weighted by Gasteiger charge is 2.35. The van der Waals surface area contributed by atoms with Gasteiger partial charge in [-0.1, -0.05) is 12.1 Å². The lowest BCUT2D eigenvalue weighted by Crippen LogP contribution is -2.37. The number of benzene rings is 1. The molecule has 0 radical (unpaired) electrons. The minimum absolute atomic E-state index is 0.0289. The second-order valence-electron chi connectivity index (χ2n) is 5.59. The first-order chi connectivity index (χ1) is 12.0. The molecule has 0 saturated carbocycles. The molecule has 0 saturated heterocycles. The Kier molecular flexibility index (Phi) is 6.27. The van der Waals surface area contributed by atoms with Crippen molar-refractivity contribution in [3.63, 3.8) is 0 Å². The van der Waals surface area contributed by atoms with E-state index in [-0.39, 0.29) is 49.6 Å². The molecule has 1 aromatic carbocycles. The minimum atomic E-state index is -0.372. The van der Waals surface area contributed by atoms with Crippen molar-refractivity contribution < 1.29 is 23.9 Å². The Morgan fingerprint density at radius 3 is 2.16 bits per heavy atom. The lowest BCUT2D eigenvalue weighted by atomic mass is 10.1. The predicted molar refractivity (Wildman–Crippen MR) is 89.9 cm³/mol. The summed E-state index contributed by atoms with van der Waals surface area (Å²) in [6.45, 7) is 4.57. The average molecular weight is 346 g/mol. The summed E-state index contributed by atoms with van der Waals surface area (Å²) in [7, 11) is 0. The van der Waals surface area contributed by atoms with Gasteiger partial charge in [-0.25, -0.2) is 0 Å². The maximum Gasteiger partial charge on any atom is 0.307 e. The zero-order valence-corrected chi connectivity index (χ0v) is 14.5. The van der Waals surface area contributed by atoms with Crippen LogP contribution in [0, 0.1) is 0 Å². The summed E-state index contributed by atoms with van der Waals surface area (Å²) in [5.41, 5.74) is 0.740. The van der Waals surface area contributed by atoms with Crippen LogP contribution in [0.4, 0.5) is 0 Å². The van der Waals surface area contributed by atoms with Crippen LogP contribution in [0.25, 0.3) is 0 Å². The Morgan fingerprint density at radius 1 is 1.04 bits per heavy atom. The fourth-order valence-corrected chi connectivity index (χ4v) is 2.73. The first-order valence-corrected chi connectivity index (χ1v) is 8.38. The van der Waals surface area contributed by atoms with Gasteiger partial charge in [0, 0.05) is 26.1 Å². The van der Waals surface area contributed by atoms with E-state index in [2.05, 4.69) is 0 Å². The third-order valence-corrected chi connectivity index (χ3v) is 4.05. The fraction of sp³-hybridized carbons (Fsp3) is 0.444. The smallest absolute Gasteiger partial charge is 0.307 e. The fourth-order valence-electron chi connectivity index (χ4n) is 2.73. The molecular weight excluding hydrogens is 324 g/mol. The van der Waals surface area contributed by atoms with Crippen molar-refractivity contribution in [3.05, 3.63) is 35.4 Å². The van der Waals surface area contributed by atoms with Crippen molar-refractivity contribution in [2.45, 2.75) is 26.7 Å². The second-order valence-corrected chi connectivity index (χ2v) is 5.59. The van der Waals surface area contributed by atoms with Gasteiger partial charge in [0.15, 0.2) is 0 Å². The summed E-state index contributed by atoms with van der Waals surface area (Å²) >= 11 is 0. The van der Waals surface area contributed by atoms with Gasteiger partial charge in [0.1, 0.15) is 0 Å². The maximum absolute atomic E-state index is 12.3. The SMILES string of the molecule is CCOC(=O)CCN(CC)C(=O)CCN1C(=O)c2ccccc2C1=O. The van der Waals surface area contributed by atoms with Crippen LogP contribution in [-0.2, 0) is 14.3 Å². The number of rotatable bonds is 8. The molecule has 0 aliphatic carbocycles. The molecule has 1 aliphatic heterocycles. The molecule has 0 spiro atoms. The number of esters is 1. The van der Waals surface area contributed by atoms with Crippen LogP contribution < -0.4 is 0 Å². The minimum Gasteiger partial charge on any atom is -0.466 e. The van der Waals surface area contributed by atoms with E-state index in [1.54, 1.807) is 31.2 Å². The van der Waals surface area contributed by atoms with Crippen LogP contribution in [-0.4, -0.2) is 59.7 Å². The molecule has 3 amide bonds. The highest BCUT2D eigenvalue weighted by molar-refractivity contribution is 6.21. The lowest BCUT2D eigenvalue weighted by molar-refractivity contribution is -0.144. The van der Waals surface area contributed by atoms with Crippen molar-refractivity contribution >= 4 is 23.7 Å². The summed E-state index contributed by atoms with van der Waals surface area (Å²) in [5.74, 6) is -1.30. The molecule has 7 heteroatoms. The first kappa shape index (κ1) is 18.6. The summed E-state index contributed by atoms with van der Waals surface area (Å²) in [5, 5.41) is 0. The maximum atomic E-state index is 12.3. The number of hydrogen-bond acceptors (Lipinski definition) is 5. The topological polar surface area (TPSA) is 84.0 Å². The summed E-state index contributed by atoms with van der Waals surface area (Å²) in [6.07, 6.45) is 0.155. The number of carbonyl (C=O) groups excluding carboxylic acids is 4. The highest BCUT2D eigenvalue weighted by atomic mass is 16.5. The second kappa shape index (κ2) is 8.41. The Hall–Kier alpha value is -2.70. The molecule has 0 atom stereocenters. The molecule has 7 nitrogen and oxygen atoms in total. The quantitative estimate of drug-likeness (QED) is 0.526. The monoisotopic (exact) mass is 346 g/mol. The van der Waals surface area contributed by atoms with Gasteiger partial charge in [0.25, 0.3) is 11.8 Å². The van der Waals surface area contributed by atoms with Gasteiger partial charge in [0.2, 0.25) is 5.91 Å². The number of imide groups is 1. The first-order valence-electron chi connectivity index (χ1n) is 8.38. The average Bonchev–Trinajstić information content (AvgIpc) is 2.85. The van der Waals surface area contributed by atoms with Gasteiger partial charge in [-0.2, -0.15) is 0 Å². The van der Waals surface area contributed by atoms with Crippen LogP contribution in [0.3, 0.4) is 0 Å². The number of ether oxygens (including phenoxy) is 1. The summed E-state index contributed by atoms with van der Waals surface area (Å²) in [6, 6.07) is 6.61. The zero-order valence-electron chi connectivity index (χ0n) is 14.5. The van der Waals surface area contributed by atoms with E-state index in [0.29, 0.717) is 24.3 Å². The van der Waals surface area contributed by atoms with Crippen molar-refractivity contribution in [1.29, 1.82) is 0 Å². The molecule has 2 rings (SSSR count). The van der Waals surface area contributed by atoms with Gasteiger partial charge in [-0.3, -0.25) is 24.1 Å². The third kappa shape index (κ3) is 4.23. The van der Waals surface area contributed by atoms with Crippen LogP contribution in [0.1, 0.15) is 47.4 Å². The molecule has 25 heavy (non-hydrogen) atoms. The molecule has 0 N–H and O–H groups in total. The van der Waals surface area contributed by atoms with Gasteiger partial charge in [0.05, 0.1) is 24.2 Å².